The third kappa shape index (κ3) is 1.68. The Morgan fingerprint density at radius 1 is 1.40 bits per heavy atom. The number of amides is 3. The van der Waals surface area contributed by atoms with Gasteiger partial charge in [0.1, 0.15) is 0 Å². The van der Waals surface area contributed by atoms with E-state index in [1.54, 1.807) is 18.2 Å². The third-order valence-electron chi connectivity index (χ3n) is 2.05. The lowest BCUT2D eigenvalue weighted by atomic mass is 10.2. The molecule has 1 aliphatic heterocycles. The van der Waals surface area contributed by atoms with Crippen molar-refractivity contribution in [2.45, 2.75) is 0 Å². The van der Waals surface area contributed by atoms with E-state index in [2.05, 4.69) is 21.2 Å². The highest BCUT2D eigenvalue weighted by Gasteiger charge is 2.31. The zero-order chi connectivity index (χ0) is 11.0. The Hall–Kier alpha value is -1.56. The van der Waals surface area contributed by atoms with Crippen molar-refractivity contribution < 1.29 is 9.59 Å². The van der Waals surface area contributed by atoms with Crippen LogP contribution >= 0.6 is 15.9 Å². The molecule has 1 aliphatic rings. The first-order chi connectivity index (χ1) is 7.09. The second-order valence-electron chi connectivity index (χ2n) is 3.10. The maximum Gasteiger partial charge on any atom is 0.329 e. The Labute approximate surface area is 94.4 Å². The second-order valence-corrected chi connectivity index (χ2v) is 3.95. The number of carbonyl (C=O) groups excluding carboxylic acids is 2. The van der Waals surface area contributed by atoms with Crippen LogP contribution in [0.2, 0.25) is 0 Å². The summed E-state index contributed by atoms with van der Waals surface area (Å²) in [5, 5.41) is 2.44. The van der Waals surface area contributed by atoms with Crippen LogP contribution in [0, 0.1) is 0 Å². The number of nitrogens with two attached hydrogens (primary N) is 1. The first kappa shape index (κ1) is 9.97. The first-order valence-electron chi connectivity index (χ1n) is 4.25. The quantitative estimate of drug-likeness (QED) is 0.592. The van der Waals surface area contributed by atoms with Crippen LogP contribution in [0.5, 0.6) is 0 Å². The Bertz CT molecular complexity index is 431. The number of nitrogen functional groups attached to an aromatic ring is 1. The van der Waals surface area contributed by atoms with E-state index in [1.807, 2.05) is 0 Å². The van der Waals surface area contributed by atoms with Gasteiger partial charge in [-0.15, -0.1) is 0 Å². The third-order valence-corrected chi connectivity index (χ3v) is 2.72. The molecule has 3 amide bonds. The number of benzene rings is 1. The Morgan fingerprint density at radius 2 is 2.13 bits per heavy atom. The smallest absolute Gasteiger partial charge is 0.329 e. The molecule has 0 bridgehead atoms. The largest absolute Gasteiger partial charge is 0.399 e. The maximum absolute atomic E-state index is 11.4. The molecule has 0 unspecified atom stereocenters. The van der Waals surface area contributed by atoms with Gasteiger partial charge in [-0.3, -0.25) is 4.79 Å². The second kappa shape index (κ2) is 3.54. The summed E-state index contributed by atoms with van der Waals surface area (Å²) < 4.78 is 0.655. The Balaban J connectivity index is 2.48. The number of carbonyl (C=O) groups is 2. The van der Waals surface area contributed by atoms with Gasteiger partial charge in [0.05, 0.1) is 12.2 Å². The Morgan fingerprint density at radius 3 is 2.73 bits per heavy atom. The highest BCUT2D eigenvalue weighted by Crippen LogP contribution is 2.29. The van der Waals surface area contributed by atoms with Crippen molar-refractivity contribution in [3.63, 3.8) is 0 Å². The number of hydrogen-bond donors (Lipinski definition) is 2. The fourth-order valence-electron chi connectivity index (χ4n) is 1.37. The molecule has 2 rings (SSSR count). The van der Waals surface area contributed by atoms with E-state index in [4.69, 9.17) is 5.73 Å². The van der Waals surface area contributed by atoms with E-state index in [-0.39, 0.29) is 12.5 Å². The number of anilines is 2. The molecule has 1 aromatic rings. The van der Waals surface area contributed by atoms with Gasteiger partial charge in [0.25, 0.3) is 5.91 Å². The average Bonchev–Trinajstić information content (AvgIpc) is 2.51. The normalized spacial score (nSPS) is 15.7. The molecule has 0 spiro atoms. The van der Waals surface area contributed by atoms with Crippen molar-refractivity contribution in [3.8, 4) is 0 Å². The first-order valence-corrected chi connectivity index (χ1v) is 5.04. The van der Waals surface area contributed by atoms with E-state index in [0.717, 1.165) is 4.90 Å². The van der Waals surface area contributed by atoms with Crippen LogP contribution in [-0.4, -0.2) is 18.5 Å². The SMILES string of the molecule is Nc1ccc(Br)c(N2C(=O)CNC2=O)c1. The van der Waals surface area contributed by atoms with Crippen LogP contribution in [0.3, 0.4) is 0 Å². The molecule has 1 fully saturated rings. The molecule has 5 nitrogen and oxygen atoms in total. The predicted octanol–water partition coefficient (Wildman–Crippen LogP) is 1.09. The van der Waals surface area contributed by atoms with Gasteiger partial charge >= 0.3 is 6.03 Å². The molecule has 0 radical (unpaired) electrons. The molecule has 0 aliphatic carbocycles. The van der Waals surface area contributed by atoms with Crippen molar-refractivity contribution >= 4 is 39.2 Å². The summed E-state index contributed by atoms with van der Waals surface area (Å²) in [4.78, 5) is 23.9. The minimum absolute atomic E-state index is 0.0278. The molecule has 0 aromatic heterocycles. The number of urea groups is 1. The van der Waals surface area contributed by atoms with E-state index in [0.29, 0.717) is 15.8 Å². The van der Waals surface area contributed by atoms with Gasteiger partial charge < -0.3 is 11.1 Å². The fourth-order valence-corrected chi connectivity index (χ4v) is 1.79. The van der Waals surface area contributed by atoms with Crippen molar-refractivity contribution in [2.75, 3.05) is 17.2 Å². The molecule has 15 heavy (non-hydrogen) atoms. The van der Waals surface area contributed by atoms with Crippen molar-refractivity contribution in [1.29, 1.82) is 0 Å². The molecular weight excluding hydrogens is 262 g/mol. The Kier molecular flexibility index (Phi) is 2.36. The summed E-state index contributed by atoms with van der Waals surface area (Å²) in [6, 6.07) is 4.54. The number of halogens is 1. The van der Waals surface area contributed by atoms with Gasteiger partial charge in [-0.1, -0.05) is 0 Å². The van der Waals surface area contributed by atoms with Gasteiger partial charge in [0.15, 0.2) is 0 Å². The molecule has 78 valence electrons. The zero-order valence-corrected chi connectivity index (χ0v) is 9.24. The number of imide groups is 1. The van der Waals surface area contributed by atoms with Gasteiger partial charge in [-0.2, -0.15) is 0 Å². The lowest BCUT2D eigenvalue weighted by Crippen LogP contribution is -2.31. The topological polar surface area (TPSA) is 75.4 Å². The summed E-state index contributed by atoms with van der Waals surface area (Å²) in [5.74, 6) is -0.286. The minimum atomic E-state index is -0.425. The van der Waals surface area contributed by atoms with E-state index >= 15 is 0 Å². The number of nitrogens with zero attached hydrogens (tertiary/aromatic N) is 1. The molecular formula is C9H8BrN3O2. The van der Waals surface area contributed by atoms with Gasteiger partial charge in [-0.25, -0.2) is 9.69 Å². The van der Waals surface area contributed by atoms with Crippen LogP contribution in [0.25, 0.3) is 0 Å². The highest BCUT2D eigenvalue weighted by molar-refractivity contribution is 9.10. The minimum Gasteiger partial charge on any atom is -0.399 e. The zero-order valence-electron chi connectivity index (χ0n) is 7.66. The molecule has 1 heterocycles. The molecule has 6 heteroatoms. The number of nitrogens with one attached hydrogen (secondary N) is 1. The monoisotopic (exact) mass is 269 g/mol. The number of rotatable bonds is 1. The van der Waals surface area contributed by atoms with Crippen molar-refractivity contribution in [2.24, 2.45) is 0 Å². The summed E-state index contributed by atoms with van der Waals surface area (Å²) >= 11 is 3.27. The summed E-state index contributed by atoms with van der Waals surface area (Å²) in [5.41, 5.74) is 6.56. The van der Waals surface area contributed by atoms with E-state index in [1.165, 1.54) is 0 Å². The van der Waals surface area contributed by atoms with Crippen molar-refractivity contribution in [3.05, 3.63) is 22.7 Å². The predicted molar refractivity (Wildman–Crippen MR) is 59.4 cm³/mol. The van der Waals surface area contributed by atoms with Crippen LogP contribution in [0.4, 0.5) is 16.2 Å². The highest BCUT2D eigenvalue weighted by atomic mass is 79.9. The van der Waals surface area contributed by atoms with E-state index in [9.17, 15) is 9.59 Å². The number of hydrogen-bond acceptors (Lipinski definition) is 3. The van der Waals surface area contributed by atoms with Crippen LogP contribution in [0.1, 0.15) is 0 Å². The molecule has 1 saturated heterocycles. The van der Waals surface area contributed by atoms with Gasteiger partial charge in [-0.05, 0) is 34.1 Å². The van der Waals surface area contributed by atoms with Crippen molar-refractivity contribution in [1.82, 2.24) is 5.32 Å². The average molecular weight is 270 g/mol. The van der Waals surface area contributed by atoms with Crippen LogP contribution in [0.15, 0.2) is 22.7 Å². The molecule has 0 saturated carbocycles. The van der Waals surface area contributed by atoms with Gasteiger partial charge in [0.2, 0.25) is 0 Å². The lowest BCUT2D eigenvalue weighted by Gasteiger charge is -2.14. The summed E-state index contributed by atoms with van der Waals surface area (Å²) in [7, 11) is 0. The van der Waals surface area contributed by atoms with Crippen LogP contribution < -0.4 is 16.0 Å². The molecule has 1 aromatic carbocycles. The molecule has 0 atom stereocenters. The lowest BCUT2D eigenvalue weighted by molar-refractivity contribution is -0.115. The van der Waals surface area contributed by atoms with Crippen LogP contribution in [-0.2, 0) is 4.79 Å². The van der Waals surface area contributed by atoms with E-state index < -0.39 is 6.03 Å². The fraction of sp³-hybridized carbons (Fsp3) is 0.111. The maximum atomic E-state index is 11.4. The van der Waals surface area contributed by atoms with Gasteiger partial charge in [0, 0.05) is 10.2 Å². The summed E-state index contributed by atoms with van der Waals surface area (Å²) in [6.45, 7) is 0.0278. The molecule has 3 N–H and O–H groups in total. The standard InChI is InChI=1S/C9H8BrN3O2/c10-6-2-1-5(11)3-7(6)13-8(14)4-12-9(13)15/h1-3H,4,11H2,(H,12,15). The summed E-state index contributed by atoms with van der Waals surface area (Å²) in [6.07, 6.45) is 0.